The lowest BCUT2D eigenvalue weighted by Crippen LogP contribution is -2.40. The smallest absolute Gasteiger partial charge is 0.227 e. The predicted molar refractivity (Wildman–Crippen MR) is 88.6 cm³/mol. The summed E-state index contributed by atoms with van der Waals surface area (Å²) < 4.78 is 5.51. The Hall–Kier alpha value is -1.63. The van der Waals surface area contributed by atoms with Crippen LogP contribution in [-0.4, -0.2) is 37.6 Å². The van der Waals surface area contributed by atoms with Gasteiger partial charge in [0.1, 0.15) is 0 Å². The average molecular weight is 328 g/mol. The van der Waals surface area contributed by atoms with E-state index in [0.29, 0.717) is 30.9 Å². The first-order valence-corrected chi connectivity index (χ1v) is 7.05. The summed E-state index contributed by atoms with van der Waals surface area (Å²) in [6.45, 7) is 5.51. The Morgan fingerprint density at radius 3 is 2.77 bits per heavy atom. The number of aryl methyl sites for hydroxylation is 1. The SMILES string of the molecule is CC(=O)Nc1ccc(C)c(NC(=O)CC2CNCCO2)c1.Cl. The van der Waals surface area contributed by atoms with E-state index in [2.05, 4.69) is 16.0 Å². The van der Waals surface area contributed by atoms with Gasteiger partial charge in [-0.1, -0.05) is 6.07 Å². The summed E-state index contributed by atoms with van der Waals surface area (Å²) in [5.41, 5.74) is 2.31. The quantitative estimate of drug-likeness (QED) is 0.786. The molecule has 1 aromatic carbocycles. The molecule has 1 aliphatic heterocycles. The van der Waals surface area contributed by atoms with Gasteiger partial charge in [-0.15, -0.1) is 12.4 Å². The van der Waals surface area contributed by atoms with E-state index >= 15 is 0 Å². The highest BCUT2D eigenvalue weighted by molar-refractivity contribution is 5.94. The Balaban J connectivity index is 0.00000242. The summed E-state index contributed by atoms with van der Waals surface area (Å²) in [6, 6.07) is 5.43. The number of ether oxygens (including phenoxy) is 1. The van der Waals surface area contributed by atoms with Crippen molar-refractivity contribution in [2.75, 3.05) is 30.3 Å². The molecular formula is C15H22ClN3O3. The van der Waals surface area contributed by atoms with Gasteiger partial charge in [-0.2, -0.15) is 0 Å². The number of carbonyl (C=O) groups excluding carboxylic acids is 2. The largest absolute Gasteiger partial charge is 0.375 e. The minimum Gasteiger partial charge on any atom is -0.375 e. The second-order valence-corrected chi connectivity index (χ2v) is 5.16. The topological polar surface area (TPSA) is 79.5 Å². The molecule has 1 unspecified atom stereocenters. The molecule has 1 aliphatic rings. The number of halogens is 1. The van der Waals surface area contributed by atoms with Crippen LogP contribution in [0.15, 0.2) is 18.2 Å². The van der Waals surface area contributed by atoms with Crippen molar-refractivity contribution in [3.05, 3.63) is 23.8 Å². The molecule has 0 bridgehead atoms. The van der Waals surface area contributed by atoms with Gasteiger partial charge in [-0.25, -0.2) is 0 Å². The molecular weight excluding hydrogens is 306 g/mol. The Morgan fingerprint density at radius 1 is 1.36 bits per heavy atom. The zero-order valence-corrected chi connectivity index (χ0v) is 13.6. The lowest BCUT2D eigenvalue weighted by atomic mass is 10.1. The van der Waals surface area contributed by atoms with Crippen molar-refractivity contribution in [1.29, 1.82) is 0 Å². The minimum atomic E-state index is -0.141. The molecule has 0 aliphatic carbocycles. The minimum absolute atomic E-state index is 0. The fourth-order valence-electron chi connectivity index (χ4n) is 2.20. The number of anilines is 2. The summed E-state index contributed by atoms with van der Waals surface area (Å²) in [6.07, 6.45) is 0.231. The fourth-order valence-corrected chi connectivity index (χ4v) is 2.20. The number of nitrogens with one attached hydrogen (secondary N) is 3. The van der Waals surface area contributed by atoms with Crippen molar-refractivity contribution in [3.8, 4) is 0 Å². The molecule has 22 heavy (non-hydrogen) atoms. The van der Waals surface area contributed by atoms with E-state index in [9.17, 15) is 9.59 Å². The third-order valence-corrected chi connectivity index (χ3v) is 3.25. The van der Waals surface area contributed by atoms with Gasteiger partial charge in [0.05, 0.1) is 19.1 Å². The molecule has 1 fully saturated rings. The molecule has 7 heteroatoms. The molecule has 2 amide bonds. The van der Waals surface area contributed by atoms with E-state index in [1.54, 1.807) is 12.1 Å². The van der Waals surface area contributed by atoms with Crippen LogP contribution in [0, 0.1) is 6.92 Å². The molecule has 1 aromatic rings. The van der Waals surface area contributed by atoms with Gasteiger partial charge < -0.3 is 20.7 Å². The summed E-state index contributed by atoms with van der Waals surface area (Å²) in [4.78, 5) is 23.1. The first-order chi connectivity index (χ1) is 10.0. The van der Waals surface area contributed by atoms with Crippen molar-refractivity contribution in [2.45, 2.75) is 26.4 Å². The number of amides is 2. The lowest BCUT2D eigenvalue weighted by Gasteiger charge is -2.23. The van der Waals surface area contributed by atoms with Crippen LogP contribution in [0.3, 0.4) is 0 Å². The molecule has 1 atom stereocenters. The number of benzene rings is 1. The summed E-state index contributed by atoms with van der Waals surface area (Å²) in [7, 11) is 0. The molecule has 6 nitrogen and oxygen atoms in total. The van der Waals surface area contributed by atoms with Gasteiger partial charge in [0.2, 0.25) is 11.8 Å². The molecule has 1 saturated heterocycles. The normalized spacial score (nSPS) is 17.3. The molecule has 0 radical (unpaired) electrons. The Bertz CT molecular complexity index is 531. The van der Waals surface area contributed by atoms with Crippen molar-refractivity contribution >= 4 is 35.6 Å². The molecule has 2 rings (SSSR count). The standard InChI is InChI=1S/C15H21N3O3.ClH/c1-10-3-4-12(17-11(2)19)7-14(10)18-15(20)8-13-9-16-5-6-21-13;/h3-4,7,13,16H,5-6,8-9H2,1-2H3,(H,17,19)(H,18,20);1H. The van der Waals surface area contributed by atoms with Crippen molar-refractivity contribution < 1.29 is 14.3 Å². The second kappa shape index (κ2) is 8.73. The number of rotatable bonds is 4. The van der Waals surface area contributed by atoms with Crippen LogP contribution in [0.25, 0.3) is 0 Å². The molecule has 122 valence electrons. The van der Waals surface area contributed by atoms with E-state index in [4.69, 9.17) is 4.74 Å². The van der Waals surface area contributed by atoms with Gasteiger partial charge in [0.15, 0.2) is 0 Å². The van der Waals surface area contributed by atoms with Crippen LogP contribution in [-0.2, 0) is 14.3 Å². The summed E-state index contributed by atoms with van der Waals surface area (Å²) in [5.74, 6) is -0.232. The van der Waals surface area contributed by atoms with Crippen LogP contribution in [0.1, 0.15) is 18.9 Å². The third-order valence-electron chi connectivity index (χ3n) is 3.25. The maximum Gasteiger partial charge on any atom is 0.227 e. The Kier molecular flexibility index (Phi) is 7.31. The van der Waals surface area contributed by atoms with E-state index in [0.717, 1.165) is 12.1 Å². The first kappa shape index (κ1) is 18.4. The van der Waals surface area contributed by atoms with E-state index in [-0.39, 0.29) is 30.3 Å². The highest BCUT2D eigenvalue weighted by Crippen LogP contribution is 2.20. The van der Waals surface area contributed by atoms with Gasteiger partial charge in [-0.05, 0) is 24.6 Å². The maximum atomic E-state index is 12.1. The monoisotopic (exact) mass is 327 g/mol. The maximum absolute atomic E-state index is 12.1. The molecule has 0 aromatic heterocycles. The highest BCUT2D eigenvalue weighted by atomic mass is 35.5. The predicted octanol–water partition coefficient (Wildman–Crippen LogP) is 1.69. The van der Waals surface area contributed by atoms with Crippen LogP contribution in [0.5, 0.6) is 0 Å². The molecule has 1 heterocycles. The summed E-state index contributed by atoms with van der Waals surface area (Å²) in [5, 5.41) is 8.77. The Labute approximate surface area is 136 Å². The molecule has 0 spiro atoms. The zero-order chi connectivity index (χ0) is 15.2. The number of morpholine rings is 1. The fraction of sp³-hybridized carbons (Fsp3) is 0.467. The van der Waals surface area contributed by atoms with Crippen LogP contribution < -0.4 is 16.0 Å². The van der Waals surface area contributed by atoms with E-state index in [1.165, 1.54) is 6.92 Å². The number of hydrogen-bond acceptors (Lipinski definition) is 4. The first-order valence-electron chi connectivity index (χ1n) is 7.05. The van der Waals surface area contributed by atoms with Crippen molar-refractivity contribution in [1.82, 2.24) is 5.32 Å². The van der Waals surface area contributed by atoms with Gasteiger partial charge in [-0.3, -0.25) is 9.59 Å². The van der Waals surface area contributed by atoms with Crippen LogP contribution in [0.2, 0.25) is 0 Å². The van der Waals surface area contributed by atoms with E-state index < -0.39 is 0 Å². The second-order valence-electron chi connectivity index (χ2n) is 5.16. The Morgan fingerprint density at radius 2 is 2.14 bits per heavy atom. The third kappa shape index (κ3) is 5.63. The number of carbonyl (C=O) groups is 2. The summed E-state index contributed by atoms with van der Waals surface area (Å²) >= 11 is 0. The average Bonchev–Trinajstić information content (AvgIpc) is 2.43. The highest BCUT2D eigenvalue weighted by Gasteiger charge is 2.17. The zero-order valence-electron chi connectivity index (χ0n) is 12.8. The molecule has 0 saturated carbocycles. The lowest BCUT2D eigenvalue weighted by molar-refractivity contribution is -0.119. The van der Waals surface area contributed by atoms with Crippen molar-refractivity contribution in [3.63, 3.8) is 0 Å². The van der Waals surface area contributed by atoms with Gasteiger partial charge in [0.25, 0.3) is 0 Å². The number of hydrogen-bond donors (Lipinski definition) is 3. The van der Waals surface area contributed by atoms with E-state index in [1.807, 2.05) is 13.0 Å². The van der Waals surface area contributed by atoms with Gasteiger partial charge in [0, 0.05) is 31.4 Å². The molecule has 3 N–H and O–H groups in total. The van der Waals surface area contributed by atoms with Gasteiger partial charge >= 0.3 is 0 Å². The van der Waals surface area contributed by atoms with Crippen LogP contribution >= 0.6 is 12.4 Å². The van der Waals surface area contributed by atoms with Crippen molar-refractivity contribution in [2.24, 2.45) is 0 Å². The van der Waals surface area contributed by atoms with Crippen LogP contribution in [0.4, 0.5) is 11.4 Å².